The maximum absolute atomic E-state index is 14.1. The van der Waals surface area contributed by atoms with Crippen molar-refractivity contribution < 1.29 is 14.4 Å². The van der Waals surface area contributed by atoms with E-state index in [-0.39, 0.29) is 17.7 Å². The molecule has 0 aliphatic rings. The second kappa shape index (κ2) is 12.3. The molecular weight excluding hydrogens is 516 g/mol. The number of nitrogens with one attached hydrogen (secondary N) is 1. The number of likely N-dealkylation sites (N-methyl/N-ethyl adjacent to an activating group) is 3. The van der Waals surface area contributed by atoms with Gasteiger partial charge in [-0.25, -0.2) is 0 Å². The largest absolute Gasteiger partial charge is 0.357 e. The van der Waals surface area contributed by atoms with Crippen molar-refractivity contribution in [3.05, 3.63) is 93.0 Å². The van der Waals surface area contributed by atoms with E-state index in [2.05, 4.69) is 5.32 Å². The summed E-state index contributed by atoms with van der Waals surface area (Å²) >= 11 is 3.15. The van der Waals surface area contributed by atoms with Crippen LogP contribution in [0.25, 0.3) is 10.1 Å². The van der Waals surface area contributed by atoms with E-state index in [1.54, 1.807) is 62.0 Å². The smallest absolute Gasteiger partial charge is 0.254 e. The highest BCUT2D eigenvalue weighted by molar-refractivity contribution is 7.17. The van der Waals surface area contributed by atoms with Gasteiger partial charge >= 0.3 is 0 Å². The molecule has 0 fully saturated rings. The van der Waals surface area contributed by atoms with Crippen molar-refractivity contribution in [3.8, 4) is 0 Å². The van der Waals surface area contributed by atoms with Crippen LogP contribution in [0.4, 0.5) is 0 Å². The molecule has 0 unspecified atom stereocenters. The number of fused-ring (bicyclic) bond motifs is 1. The number of hydrogen-bond donors (Lipinski definition) is 2. The third-order valence-electron chi connectivity index (χ3n) is 6.80. The van der Waals surface area contributed by atoms with Crippen LogP contribution in [-0.2, 0) is 29.0 Å². The van der Waals surface area contributed by atoms with Gasteiger partial charge in [0.1, 0.15) is 12.1 Å². The average Bonchev–Trinajstić information content (AvgIpc) is 3.62. The molecule has 38 heavy (non-hydrogen) atoms. The first-order valence-corrected chi connectivity index (χ1v) is 14.1. The molecule has 2 atom stereocenters. The first kappa shape index (κ1) is 27.5. The number of carbonyl (C=O) groups excluding carboxylic acids is 3. The van der Waals surface area contributed by atoms with Crippen LogP contribution in [-0.4, -0.2) is 60.7 Å². The predicted octanol–water partition coefficient (Wildman–Crippen LogP) is 3.92. The molecule has 0 aliphatic carbocycles. The Balaban J connectivity index is 1.69. The topological polar surface area (TPSA) is 95.7 Å². The van der Waals surface area contributed by atoms with Crippen LogP contribution in [0, 0.1) is 0 Å². The molecule has 2 aromatic heterocycles. The van der Waals surface area contributed by atoms with Gasteiger partial charge in [0.25, 0.3) is 5.91 Å². The van der Waals surface area contributed by atoms with Crippen molar-refractivity contribution >= 4 is 50.5 Å². The zero-order valence-electron chi connectivity index (χ0n) is 21.7. The van der Waals surface area contributed by atoms with Crippen molar-refractivity contribution in [1.29, 1.82) is 0 Å². The van der Waals surface area contributed by atoms with Crippen LogP contribution in [0.2, 0.25) is 0 Å². The highest BCUT2D eigenvalue weighted by Gasteiger charge is 2.35. The van der Waals surface area contributed by atoms with Gasteiger partial charge < -0.3 is 20.9 Å². The minimum absolute atomic E-state index is 0.251. The highest BCUT2D eigenvalue weighted by atomic mass is 32.1. The number of hydrogen-bond acceptors (Lipinski definition) is 6. The second-order valence-electron chi connectivity index (χ2n) is 9.16. The summed E-state index contributed by atoms with van der Waals surface area (Å²) in [4.78, 5) is 44.6. The minimum atomic E-state index is -0.817. The standard InChI is InChI=1S/C29H32N4O3S2/c1-31-27(34)24(16-22-10-7-13-37-22)32(2)29(36)25(15-21-18-38-26-12-5-4-11-23(21)26)33(3)28(35)20-9-6-8-19(14-20)17-30/h4-14,18,24-25H,15-17,30H2,1-3H3,(H,31,34)/t24-,25-/m1/s1. The molecule has 0 bridgehead atoms. The Morgan fingerprint density at radius 3 is 2.42 bits per heavy atom. The Hall–Kier alpha value is -3.53. The number of rotatable bonds is 10. The van der Waals surface area contributed by atoms with Gasteiger partial charge in [-0.1, -0.05) is 36.4 Å². The summed E-state index contributed by atoms with van der Waals surface area (Å²) in [6, 6.07) is 17.5. The lowest BCUT2D eigenvalue weighted by atomic mass is 10.00. The first-order valence-electron chi connectivity index (χ1n) is 12.4. The maximum Gasteiger partial charge on any atom is 0.254 e. The zero-order valence-corrected chi connectivity index (χ0v) is 23.4. The second-order valence-corrected chi connectivity index (χ2v) is 11.1. The van der Waals surface area contributed by atoms with Gasteiger partial charge in [0.05, 0.1) is 0 Å². The van der Waals surface area contributed by atoms with Crippen LogP contribution >= 0.6 is 22.7 Å². The lowest BCUT2D eigenvalue weighted by Gasteiger charge is -2.34. The van der Waals surface area contributed by atoms with E-state index in [4.69, 9.17) is 5.73 Å². The zero-order chi connectivity index (χ0) is 27.2. The molecule has 0 saturated carbocycles. The van der Waals surface area contributed by atoms with E-state index in [1.807, 2.05) is 53.2 Å². The fourth-order valence-electron chi connectivity index (χ4n) is 4.55. The number of benzene rings is 2. The predicted molar refractivity (Wildman–Crippen MR) is 154 cm³/mol. The molecule has 0 radical (unpaired) electrons. The highest BCUT2D eigenvalue weighted by Crippen LogP contribution is 2.28. The lowest BCUT2D eigenvalue weighted by molar-refractivity contribution is -0.142. The first-order chi connectivity index (χ1) is 18.3. The van der Waals surface area contributed by atoms with E-state index in [1.165, 1.54) is 9.80 Å². The van der Waals surface area contributed by atoms with Gasteiger partial charge in [0.15, 0.2) is 0 Å². The fraction of sp³-hybridized carbons (Fsp3) is 0.276. The molecule has 3 amide bonds. The SMILES string of the molecule is CNC(=O)[C@@H](Cc1cccs1)N(C)C(=O)[C@@H](Cc1csc2ccccc12)N(C)C(=O)c1cccc(CN)c1. The molecule has 7 nitrogen and oxygen atoms in total. The number of carbonyl (C=O) groups is 3. The number of nitrogens with two attached hydrogens (primary N) is 1. The van der Waals surface area contributed by atoms with E-state index >= 15 is 0 Å². The van der Waals surface area contributed by atoms with E-state index in [9.17, 15) is 14.4 Å². The van der Waals surface area contributed by atoms with Crippen molar-refractivity contribution in [2.24, 2.45) is 5.73 Å². The van der Waals surface area contributed by atoms with Crippen molar-refractivity contribution in [1.82, 2.24) is 15.1 Å². The maximum atomic E-state index is 14.1. The molecule has 0 saturated heterocycles. The molecule has 198 valence electrons. The Morgan fingerprint density at radius 1 is 0.921 bits per heavy atom. The molecule has 3 N–H and O–H groups in total. The normalized spacial score (nSPS) is 12.6. The van der Waals surface area contributed by atoms with Gasteiger partial charge in [-0.3, -0.25) is 14.4 Å². The van der Waals surface area contributed by atoms with E-state index in [0.29, 0.717) is 24.9 Å². The Bertz CT molecular complexity index is 1420. The third kappa shape index (κ3) is 5.96. The van der Waals surface area contributed by atoms with Crippen LogP contribution in [0.5, 0.6) is 0 Å². The van der Waals surface area contributed by atoms with Crippen molar-refractivity contribution in [2.45, 2.75) is 31.5 Å². The van der Waals surface area contributed by atoms with Crippen LogP contribution in [0.1, 0.15) is 26.4 Å². The number of thiophene rings is 2. The molecule has 2 aromatic carbocycles. The summed E-state index contributed by atoms with van der Waals surface area (Å²) in [5, 5.41) is 7.74. The van der Waals surface area contributed by atoms with E-state index < -0.39 is 12.1 Å². The summed E-state index contributed by atoms with van der Waals surface area (Å²) in [6.07, 6.45) is 0.718. The average molecular weight is 549 g/mol. The Kier molecular flexibility index (Phi) is 8.93. The van der Waals surface area contributed by atoms with Gasteiger partial charge in [-0.05, 0) is 51.5 Å². The summed E-state index contributed by atoms with van der Waals surface area (Å²) < 4.78 is 1.12. The molecule has 2 heterocycles. The molecule has 0 aliphatic heterocycles. The quantitative estimate of drug-likeness (QED) is 0.314. The molecule has 9 heteroatoms. The van der Waals surface area contributed by atoms with Gasteiger partial charge in [0, 0.05) is 55.7 Å². The third-order valence-corrected chi connectivity index (χ3v) is 8.71. The van der Waals surface area contributed by atoms with Crippen LogP contribution in [0.3, 0.4) is 0 Å². The summed E-state index contributed by atoms with van der Waals surface area (Å²) in [6.45, 7) is 0.313. The van der Waals surface area contributed by atoms with Crippen LogP contribution < -0.4 is 11.1 Å². The summed E-state index contributed by atoms with van der Waals surface area (Å²) in [7, 11) is 4.86. The van der Waals surface area contributed by atoms with Gasteiger partial charge in [-0.2, -0.15) is 0 Å². The summed E-state index contributed by atoms with van der Waals surface area (Å²) in [5.74, 6) is -0.823. The van der Waals surface area contributed by atoms with Gasteiger partial charge in [-0.15, -0.1) is 22.7 Å². The van der Waals surface area contributed by atoms with Crippen molar-refractivity contribution in [2.75, 3.05) is 21.1 Å². The number of amides is 3. The van der Waals surface area contributed by atoms with Gasteiger partial charge in [0.2, 0.25) is 11.8 Å². The summed E-state index contributed by atoms with van der Waals surface area (Å²) in [5.41, 5.74) is 8.09. The lowest BCUT2D eigenvalue weighted by Crippen LogP contribution is -2.55. The van der Waals surface area contributed by atoms with Crippen LogP contribution in [0.15, 0.2) is 71.4 Å². The van der Waals surface area contributed by atoms with E-state index in [0.717, 1.165) is 26.1 Å². The molecular formula is C29H32N4O3S2. The molecule has 4 aromatic rings. The van der Waals surface area contributed by atoms with Crippen molar-refractivity contribution in [3.63, 3.8) is 0 Å². The molecule has 4 rings (SSSR count). The monoisotopic (exact) mass is 548 g/mol. The fourth-order valence-corrected chi connectivity index (χ4v) is 6.26. The minimum Gasteiger partial charge on any atom is -0.357 e. The Labute approximate surface area is 230 Å². The Morgan fingerprint density at radius 2 is 1.71 bits per heavy atom. The molecule has 0 spiro atoms. The number of nitrogens with zero attached hydrogens (tertiary/aromatic N) is 2.